The van der Waals surface area contributed by atoms with Crippen LogP contribution in [0, 0.1) is 24.6 Å². The lowest BCUT2D eigenvalue weighted by Gasteiger charge is -2.22. The average molecular weight is 378 g/mol. The summed E-state index contributed by atoms with van der Waals surface area (Å²) in [6, 6.07) is 13.7. The molecule has 1 amide bonds. The molecule has 1 aliphatic heterocycles. The van der Waals surface area contributed by atoms with Crippen LogP contribution in [0.3, 0.4) is 0 Å². The molecule has 2 aromatic carbocycles. The van der Waals surface area contributed by atoms with Gasteiger partial charge in [-0.15, -0.1) is 0 Å². The van der Waals surface area contributed by atoms with Crippen molar-refractivity contribution in [3.63, 3.8) is 0 Å². The van der Waals surface area contributed by atoms with Crippen LogP contribution in [0.5, 0.6) is 0 Å². The summed E-state index contributed by atoms with van der Waals surface area (Å²) in [4.78, 5) is 29.4. The highest BCUT2D eigenvalue weighted by Crippen LogP contribution is 2.39. The Bertz CT molecular complexity index is 1060. The number of aromatic amines is 1. The monoisotopic (exact) mass is 378 g/mol. The molecule has 5 heteroatoms. The number of Topliss-reactive ketones (excluding diaryl/α,β-unsaturated/α-hetero) is 1. The van der Waals surface area contributed by atoms with E-state index in [1.54, 1.807) is 6.07 Å². The molecule has 0 bridgehead atoms. The minimum atomic E-state index is -0.814. The van der Waals surface area contributed by atoms with Crippen molar-refractivity contribution in [3.8, 4) is 0 Å². The first-order chi connectivity index (χ1) is 13.4. The van der Waals surface area contributed by atoms with Gasteiger partial charge >= 0.3 is 0 Å². The van der Waals surface area contributed by atoms with Gasteiger partial charge in [0.05, 0.1) is 6.04 Å². The van der Waals surface area contributed by atoms with Crippen LogP contribution in [0.15, 0.2) is 48.5 Å². The number of hydrogen-bond donors (Lipinski definition) is 2. The van der Waals surface area contributed by atoms with Crippen molar-refractivity contribution in [1.82, 2.24) is 10.3 Å². The predicted octanol–water partition coefficient (Wildman–Crippen LogP) is 4.09. The zero-order valence-electron chi connectivity index (χ0n) is 16.1. The number of carbonyl (C=O) groups is 2. The number of ketones is 1. The second-order valence-corrected chi connectivity index (χ2v) is 7.85. The van der Waals surface area contributed by atoms with Crippen molar-refractivity contribution in [3.05, 3.63) is 71.2 Å². The summed E-state index contributed by atoms with van der Waals surface area (Å²) < 4.78 is 13.8. The van der Waals surface area contributed by atoms with Gasteiger partial charge in [0, 0.05) is 22.5 Å². The van der Waals surface area contributed by atoms with Crippen molar-refractivity contribution in [2.24, 2.45) is 11.8 Å². The summed E-state index contributed by atoms with van der Waals surface area (Å²) in [6.45, 7) is 5.76. The predicted molar refractivity (Wildman–Crippen MR) is 107 cm³/mol. The molecule has 4 nitrogen and oxygen atoms in total. The Morgan fingerprint density at radius 2 is 1.75 bits per heavy atom. The number of halogens is 1. The number of aryl methyl sites for hydroxylation is 1. The Balaban J connectivity index is 1.90. The normalized spacial score (nSPS) is 20.8. The third-order valence-electron chi connectivity index (χ3n) is 5.72. The number of amides is 1. The van der Waals surface area contributed by atoms with E-state index in [2.05, 4.69) is 10.3 Å². The minimum Gasteiger partial charge on any atom is -0.358 e. The second-order valence-electron chi connectivity index (χ2n) is 7.85. The van der Waals surface area contributed by atoms with E-state index < -0.39 is 17.9 Å². The van der Waals surface area contributed by atoms with E-state index in [0.29, 0.717) is 0 Å². The summed E-state index contributed by atoms with van der Waals surface area (Å²) in [7, 11) is 0. The third kappa shape index (κ3) is 2.91. The van der Waals surface area contributed by atoms with Crippen molar-refractivity contribution >= 4 is 22.6 Å². The first kappa shape index (κ1) is 18.4. The third-order valence-corrected chi connectivity index (χ3v) is 5.72. The fraction of sp³-hybridized carbons (Fsp3) is 0.304. The van der Waals surface area contributed by atoms with Gasteiger partial charge in [0.25, 0.3) is 0 Å². The van der Waals surface area contributed by atoms with E-state index in [1.165, 1.54) is 12.1 Å². The van der Waals surface area contributed by atoms with Gasteiger partial charge in [0.2, 0.25) is 5.91 Å². The van der Waals surface area contributed by atoms with Gasteiger partial charge in [-0.1, -0.05) is 44.2 Å². The molecule has 3 unspecified atom stereocenters. The first-order valence-corrected chi connectivity index (χ1v) is 9.55. The summed E-state index contributed by atoms with van der Waals surface area (Å²) in [5.41, 5.74) is 3.32. The summed E-state index contributed by atoms with van der Waals surface area (Å²) in [5, 5.41) is 3.64. The molecule has 3 aromatic rings. The Morgan fingerprint density at radius 1 is 1.04 bits per heavy atom. The van der Waals surface area contributed by atoms with Crippen LogP contribution in [0.25, 0.3) is 10.9 Å². The maximum Gasteiger partial charge on any atom is 0.232 e. The molecule has 4 rings (SSSR count). The summed E-state index contributed by atoms with van der Waals surface area (Å²) in [5.74, 6) is -1.89. The zero-order chi connectivity index (χ0) is 20.0. The molecule has 3 atom stereocenters. The van der Waals surface area contributed by atoms with Crippen LogP contribution in [0.2, 0.25) is 0 Å². The smallest absolute Gasteiger partial charge is 0.232 e. The second kappa shape index (κ2) is 6.89. The van der Waals surface area contributed by atoms with E-state index in [9.17, 15) is 14.0 Å². The number of hydrogen-bond acceptors (Lipinski definition) is 2. The van der Waals surface area contributed by atoms with Gasteiger partial charge in [-0.05, 0) is 42.2 Å². The minimum absolute atomic E-state index is 0.0239. The van der Waals surface area contributed by atoms with Gasteiger partial charge < -0.3 is 10.3 Å². The van der Waals surface area contributed by atoms with Crippen molar-refractivity contribution in [2.75, 3.05) is 0 Å². The maximum atomic E-state index is 13.8. The zero-order valence-corrected chi connectivity index (χ0v) is 16.1. The molecular weight excluding hydrogens is 355 g/mol. The fourth-order valence-electron chi connectivity index (χ4n) is 4.26. The Labute approximate surface area is 163 Å². The molecule has 0 saturated carbocycles. The van der Waals surface area contributed by atoms with Gasteiger partial charge in [-0.3, -0.25) is 9.59 Å². The van der Waals surface area contributed by atoms with Crippen LogP contribution in [0.1, 0.15) is 36.6 Å². The Kier molecular flexibility index (Phi) is 4.53. The highest BCUT2D eigenvalue weighted by molar-refractivity contribution is 6.11. The highest BCUT2D eigenvalue weighted by Gasteiger charge is 2.48. The molecular formula is C23H23FN2O2. The van der Waals surface area contributed by atoms with Gasteiger partial charge in [-0.2, -0.15) is 0 Å². The van der Waals surface area contributed by atoms with Gasteiger partial charge in [-0.25, -0.2) is 4.39 Å². The quantitative estimate of drug-likeness (QED) is 0.672. The Hall–Kier alpha value is -2.95. The van der Waals surface area contributed by atoms with Crippen molar-refractivity contribution in [2.45, 2.75) is 32.7 Å². The highest BCUT2D eigenvalue weighted by atomic mass is 19.1. The van der Waals surface area contributed by atoms with Crippen LogP contribution < -0.4 is 5.32 Å². The molecule has 0 radical (unpaired) electrons. The van der Waals surface area contributed by atoms with E-state index in [0.717, 1.165) is 27.7 Å². The van der Waals surface area contributed by atoms with E-state index in [1.807, 2.05) is 51.1 Å². The lowest BCUT2D eigenvalue weighted by atomic mass is 9.79. The molecule has 1 aliphatic rings. The number of rotatable bonds is 4. The molecule has 0 spiro atoms. The standard InChI is InChI=1S/C23H23FN2O2/c1-12(2)20-22(27)19(23(28)26-20)18(14-7-5-4-6-8-14)21-13(3)16-11-15(24)9-10-17(16)25-21/h4-12,18-20,25H,1-3H3,(H,26,28). The number of benzene rings is 2. The van der Waals surface area contributed by atoms with Gasteiger partial charge in [0.15, 0.2) is 5.78 Å². The summed E-state index contributed by atoms with van der Waals surface area (Å²) >= 11 is 0. The molecule has 2 N–H and O–H groups in total. The molecule has 2 heterocycles. The number of aromatic nitrogens is 1. The number of carbonyl (C=O) groups excluding carboxylic acids is 2. The maximum absolute atomic E-state index is 13.8. The molecule has 0 aliphatic carbocycles. The lowest BCUT2D eigenvalue weighted by Crippen LogP contribution is -2.34. The Morgan fingerprint density at radius 3 is 2.39 bits per heavy atom. The fourth-order valence-corrected chi connectivity index (χ4v) is 4.26. The summed E-state index contributed by atoms with van der Waals surface area (Å²) in [6.07, 6.45) is 0. The molecule has 1 fully saturated rings. The van der Waals surface area contributed by atoms with Crippen LogP contribution in [-0.4, -0.2) is 22.7 Å². The van der Waals surface area contributed by atoms with Gasteiger partial charge in [0.1, 0.15) is 11.7 Å². The van der Waals surface area contributed by atoms with Crippen LogP contribution in [0.4, 0.5) is 4.39 Å². The van der Waals surface area contributed by atoms with E-state index in [-0.39, 0.29) is 23.4 Å². The number of nitrogens with one attached hydrogen (secondary N) is 2. The van der Waals surface area contributed by atoms with Crippen molar-refractivity contribution < 1.29 is 14.0 Å². The first-order valence-electron chi connectivity index (χ1n) is 9.55. The topological polar surface area (TPSA) is 62.0 Å². The van der Waals surface area contributed by atoms with Crippen LogP contribution in [-0.2, 0) is 9.59 Å². The molecule has 144 valence electrons. The van der Waals surface area contributed by atoms with Crippen LogP contribution >= 0.6 is 0 Å². The average Bonchev–Trinajstić information content (AvgIpc) is 3.15. The van der Waals surface area contributed by atoms with E-state index in [4.69, 9.17) is 0 Å². The van der Waals surface area contributed by atoms with Crippen molar-refractivity contribution in [1.29, 1.82) is 0 Å². The SMILES string of the molecule is Cc1c(C(c2ccccc2)C2C(=O)NC(C(C)C)C2=O)[nH]c2ccc(F)cc12. The number of fused-ring (bicyclic) bond motifs is 1. The lowest BCUT2D eigenvalue weighted by molar-refractivity contribution is -0.128. The number of H-pyrrole nitrogens is 1. The molecule has 1 aromatic heterocycles. The molecule has 1 saturated heterocycles. The largest absolute Gasteiger partial charge is 0.358 e. The molecule has 28 heavy (non-hydrogen) atoms. The van der Waals surface area contributed by atoms with E-state index >= 15 is 0 Å².